The van der Waals surface area contributed by atoms with Gasteiger partial charge in [-0.1, -0.05) is 24.3 Å². The summed E-state index contributed by atoms with van der Waals surface area (Å²) in [5.41, 5.74) is 2.38. The van der Waals surface area contributed by atoms with E-state index in [0.717, 1.165) is 58.0 Å². The predicted octanol–water partition coefficient (Wildman–Crippen LogP) is 2.45. The second-order valence-corrected chi connectivity index (χ2v) is 7.99. The molecule has 2 fully saturated rings. The summed E-state index contributed by atoms with van der Waals surface area (Å²) in [6.45, 7) is 5.34. The van der Waals surface area contributed by atoms with Gasteiger partial charge < -0.3 is 30.0 Å². The fourth-order valence-corrected chi connectivity index (χ4v) is 3.80. The zero-order valence-electron chi connectivity index (χ0n) is 17.9. The van der Waals surface area contributed by atoms with Crippen LogP contribution in [-0.4, -0.2) is 63.8 Å². The van der Waals surface area contributed by atoms with Crippen molar-refractivity contribution in [3.63, 3.8) is 0 Å². The molecule has 0 aliphatic carbocycles. The molecule has 0 amide bonds. The molecule has 0 aromatic heterocycles. The Bertz CT molecular complexity index is 630. The lowest BCUT2D eigenvalue weighted by Crippen LogP contribution is -2.44. The van der Waals surface area contributed by atoms with Gasteiger partial charge in [0.15, 0.2) is 5.96 Å². The number of aliphatic hydroxyl groups excluding tert-OH is 1. The Balaban J connectivity index is 0.00000320. The van der Waals surface area contributed by atoms with Crippen LogP contribution in [0.1, 0.15) is 36.8 Å². The first-order valence-corrected chi connectivity index (χ1v) is 10.6. The Morgan fingerprint density at radius 3 is 2.50 bits per heavy atom. The molecular weight excluding hydrogens is 497 g/mol. The van der Waals surface area contributed by atoms with Crippen molar-refractivity contribution in [3.8, 4) is 0 Å². The summed E-state index contributed by atoms with van der Waals surface area (Å²) in [4.78, 5) is 4.31. The summed E-state index contributed by atoms with van der Waals surface area (Å²) >= 11 is 0. The van der Waals surface area contributed by atoms with Crippen LogP contribution >= 0.6 is 24.0 Å². The van der Waals surface area contributed by atoms with Crippen LogP contribution in [-0.2, 0) is 27.4 Å². The minimum Gasteiger partial charge on any atom is -0.396 e. The summed E-state index contributed by atoms with van der Waals surface area (Å²) in [5.74, 6) is 0.765. The number of aliphatic hydroxyl groups is 1. The zero-order chi connectivity index (χ0) is 20.4. The number of aliphatic imine (C=N–C) groups is 1. The van der Waals surface area contributed by atoms with Crippen LogP contribution in [0.3, 0.4) is 0 Å². The Morgan fingerprint density at radius 2 is 1.87 bits per heavy atom. The summed E-state index contributed by atoms with van der Waals surface area (Å²) in [6.07, 6.45) is 4.00. The molecular formula is C22H36IN3O4. The van der Waals surface area contributed by atoms with Gasteiger partial charge in [0.2, 0.25) is 0 Å². The molecule has 0 saturated carbocycles. The molecule has 3 rings (SSSR count). The molecule has 0 radical (unpaired) electrons. The van der Waals surface area contributed by atoms with Crippen LogP contribution in [0.15, 0.2) is 29.3 Å². The van der Waals surface area contributed by atoms with E-state index in [9.17, 15) is 5.11 Å². The van der Waals surface area contributed by atoms with Crippen LogP contribution in [0.4, 0.5) is 0 Å². The molecule has 0 bridgehead atoms. The third-order valence-electron chi connectivity index (χ3n) is 5.82. The van der Waals surface area contributed by atoms with Crippen LogP contribution in [0, 0.1) is 5.41 Å². The van der Waals surface area contributed by atoms with Gasteiger partial charge in [-0.2, -0.15) is 0 Å². The number of hydrogen-bond acceptors (Lipinski definition) is 5. The maximum atomic E-state index is 9.36. The molecule has 7 nitrogen and oxygen atoms in total. The molecule has 2 heterocycles. The minimum absolute atomic E-state index is 0. The Labute approximate surface area is 197 Å². The lowest BCUT2D eigenvalue weighted by molar-refractivity contribution is -0.0390. The van der Waals surface area contributed by atoms with Gasteiger partial charge in [-0.05, 0) is 36.8 Å². The van der Waals surface area contributed by atoms with Gasteiger partial charge >= 0.3 is 0 Å². The van der Waals surface area contributed by atoms with Crippen LogP contribution < -0.4 is 10.6 Å². The standard InChI is InChI=1S/C22H35N3O4.HI/c1-23-21(25-16-22(8-10-26)9-13-28-17-22)24-14-18-2-4-19(5-3-18)15-29-20-6-11-27-12-7-20;/h2-5,20,26H,6-17H2,1H3,(H2,23,24,25);1H. The highest BCUT2D eigenvalue weighted by atomic mass is 127. The van der Waals surface area contributed by atoms with E-state index in [4.69, 9.17) is 14.2 Å². The van der Waals surface area contributed by atoms with Crippen LogP contribution in [0.2, 0.25) is 0 Å². The van der Waals surface area contributed by atoms with E-state index in [1.54, 1.807) is 7.05 Å². The predicted molar refractivity (Wildman–Crippen MR) is 128 cm³/mol. The van der Waals surface area contributed by atoms with E-state index < -0.39 is 0 Å². The Kier molecular flexibility index (Phi) is 11.4. The number of nitrogens with zero attached hydrogens (tertiary/aromatic N) is 1. The lowest BCUT2D eigenvalue weighted by Gasteiger charge is -2.27. The topological polar surface area (TPSA) is 84.3 Å². The summed E-state index contributed by atoms with van der Waals surface area (Å²) < 4.78 is 16.9. The second kappa shape index (κ2) is 13.5. The SMILES string of the molecule is CN=C(NCc1ccc(COC2CCOCC2)cc1)NCC1(CCO)CCOC1.I. The van der Waals surface area contributed by atoms with Crippen molar-refractivity contribution in [1.29, 1.82) is 0 Å². The van der Waals surface area contributed by atoms with Crippen molar-refractivity contribution in [1.82, 2.24) is 10.6 Å². The molecule has 2 aliphatic heterocycles. The van der Waals surface area contributed by atoms with Crippen LogP contribution in [0.5, 0.6) is 0 Å². The molecule has 2 aliphatic rings. The number of rotatable bonds is 9. The molecule has 1 atom stereocenters. The van der Waals surface area contributed by atoms with Gasteiger partial charge in [-0.3, -0.25) is 4.99 Å². The van der Waals surface area contributed by atoms with E-state index in [0.29, 0.717) is 25.9 Å². The number of guanidine groups is 1. The van der Waals surface area contributed by atoms with Gasteiger partial charge in [0, 0.05) is 52.0 Å². The Hall–Kier alpha value is -0.940. The molecule has 8 heteroatoms. The first kappa shape index (κ1) is 25.3. The fraction of sp³-hybridized carbons (Fsp3) is 0.682. The lowest BCUT2D eigenvalue weighted by atomic mass is 9.84. The fourth-order valence-electron chi connectivity index (χ4n) is 3.80. The minimum atomic E-state index is -0.00151. The Morgan fingerprint density at radius 1 is 1.13 bits per heavy atom. The molecule has 1 unspecified atom stereocenters. The van der Waals surface area contributed by atoms with Gasteiger partial charge in [-0.15, -0.1) is 24.0 Å². The molecule has 0 spiro atoms. The third-order valence-corrected chi connectivity index (χ3v) is 5.82. The first-order chi connectivity index (χ1) is 14.2. The van der Waals surface area contributed by atoms with Crippen molar-refractivity contribution in [3.05, 3.63) is 35.4 Å². The summed E-state index contributed by atoms with van der Waals surface area (Å²) in [7, 11) is 1.77. The number of ether oxygens (including phenoxy) is 3. The van der Waals surface area contributed by atoms with E-state index in [1.165, 1.54) is 11.1 Å². The maximum absolute atomic E-state index is 9.36. The van der Waals surface area contributed by atoms with Crippen molar-refractivity contribution < 1.29 is 19.3 Å². The van der Waals surface area contributed by atoms with Gasteiger partial charge in [0.25, 0.3) is 0 Å². The smallest absolute Gasteiger partial charge is 0.191 e. The van der Waals surface area contributed by atoms with Crippen LogP contribution in [0.25, 0.3) is 0 Å². The summed E-state index contributed by atoms with van der Waals surface area (Å²) in [5, 5.41) is 16.1. The van der Waals surface area contributed by atoms with Gasteiger partial charge in [0.05, 0.1) is 19.3 Å². The molecule has 30 heavy (non-hydrogen) atoms. The highest BCUT2D eigenvalue weighted by molar-refractivity contribution is 14.0. The van der Waals surface area contributed by atoms with Gasteiger partial charge in [-0.25, -0.2) is 0 Å². The van der Waals surface area contributed by atoms with E-state index in [2.05, 4.69) is 39.9 Å². The zero-order valence-corrected chi connectivity index (χ0v) is 20.2. The van der Waals surface area contributed by atoms with Crippen molar-refractivity contribution in [2.24, 2.45) is 10.4 Å². The van der Waals surface area contributed by atoms with E-state index >= 15 is 0 Å². The monoisotopic (exact) mass is 533 g/mol. The molecule has 2 saturated heterocycles. The average molecular weight is 533 g/mol. The van der Waals surface area contributed by atoms with Crippen molar-refractivity contribution in [2.45, 2.75) is 44.9 Å². The van der Waals surface area contributed by atoms with Gasteiger partial charge in [0.1, 0.15) is 0 Å². The van der Waals surface area contributed by atoms with E-state index in [-0.39, 0.29) is 36.0 Å². The number of nitrogens with one attached hydrogen (secondary N) is 2. The second-order valence-electron chi connectivity index (χ2n) is 7.99. The number of halogens is 1. The first-order valence-electron chi connectivity index (χ1n) is 10.6. The third kappa shape index (κ3) is 7.96. The number of hydrogen-bond donors (Lipinski definition) is 3. The van der Waals surface area contributed by atoms with Crippen molar-refractivity contribution >= 4 is 29.9 Å². The van der Waals surface area contributed by atoms with E-state index in [1.807, 2.05) is 0 Å². The highest BCUT2D eigenvalue weighted by Gasteiger charge is 2.34. The molecule has 1 aromatic carbocycles. The normalized spacial score (nSPS) is 22.5. The molecule has 170 valence electrons. The summed E-state index contributed by atoms with van der Waals surface area (Å²) in [6, 6.07) is 8.50. The highest BCUT2D eigenvalue weighted by Crippen LogP contribution is 2.31. The molecule has 3 N–H and O–H groups in total. The number of benzene rings is 1. The largest absolute Gasteiger partial charge is 0.396 e. The average Bonchev–Trinajstić information content (AvgIpc) is 3.23. The maximum Gasteiger partial charge on any atom is 0.191 e. The quantitative estimate of drug-likeness (QED) is 0.257. The molecule has 1 aromatic rings. The van der Waals surface area contributed by atoms with Crippen molar-refractivity contribution in [2.75, 3.05) is 46.6 Å².